The fourth-order valence-electron chi connectivity index (χ4n) is 2.59. The average molecular weight is 416 g/mol. The Hall–Kier alpha value is -3.39. The lowest BCUT2D eigenvalue weighted by Gasteiger charge is -2.06. The number of carbonyl (C=O) groups is 3. The quantitative estimate of drug-likeness (QED) is 0.621. The summed E-state index contributed by atoms with van der Waals surface area (Å²) in [5, 5.41) is 6.44. The fourth-order valence-corrected chi connectivity index (χ4v) is 2.90. The maximum atomic E-state index is 12.4. The van der Waals surface area contributed by atoms with Crippen molar-refractivity contribution in [2.75, 3.05) is 6.61 Å². The number of rotatable bonds is 6. The largest absolute Gasteiger partial charge is 0.459 e. The van der Waals surface area contributed by atoms with Crippen molar-refractivity contribution >= 4 is 29.4 Å². The number of furan rings is 1. The Morgan fingerprint density at radius 2 is 1.90 bits per heavy atom. The van der Waals surface area contributed by atoms with Crippen LogP contribution in [0.1, 0.15) is 37.7 Å². The topological polar surface area (TPSA) is 103 Å². The molecule has 2 amide bonds. The van der Waals surface area contributed by atoms with Crippen molar-refractivity contribution in [3.8, 4) is 0 Å². The average Bonchev–Trinajstić information content (AvgIpc) is 3.31. The number of ether oxygens (including phenoxy) is 1. The number of amides is 2. The van der Waals surface area contributed by atoms with Crippen LogP contribution in [0.5, 0.6) is 0 Å². The number of benzene rings is 1. The van der Waals surface area contributed by atoms with Crippen molar-refractivity contribution in [2.24, 2.45) is 0 Å². The van der Waals surface area contributed by atoms with E-state index in [0.29, 0.717) is 12.2 Å². The number of hydrogen-bond donors (Lipinski definition) is 1. The SMILES string of the molecule is Cc1ccc(Cn2nc(C)c(C(=O)OCC(=O)NC(=O)c3ccco3)c2Cl)cc1. The van der Waals surface area contributed by atoms with Gasteiger partial charge in [-0.1, -0.05) is 41.4 Å². The second-order valence-electron chi connectivity index (χ2n) is 6.33. The highest BCUT2D eigenvalue weighted by Crippen LogP contribution is 2.22. The maximum absolute atomic E-state index is 12.4. The number of halogens is 1. The summed E-state index contributed by atoms with van der Waals surface area (Å²) in [5.74, 6) is -2.35. The van der Waals surface area contributed by atoms with Crippen LogP contribution in [-0.2, 0) is 16.1 Å². The Labute approximate surface area is 171 Å². The van der Waals surface area contributed by atoms with Crippen LogP contribution >= 0.6 is 11.6 Å². The Kier molecular flexibility index (Phi) is 6.13. The van der Waals surface area contributed by atoms with Crippen molar-refractivity contribution in [1.82, 2.24) is 15.1 Å². The molecule has 0 aliphatic rings. The first-order chi connectivity index (χ1) is 13.8. The number of carbonyl (C=O) groups excluding carboxylic acids is 3. The number of esters is 1. The van der Waals surface area contributed by atoms with Gasteiger partial charge in [-0.15, -0.1) is 0 Å². The lowest BCUT2D eigenvalue weighted by Crippen LogP contribution is -2.34. The zero-order valence-electron chi connectivity index (χ0n) is 15.8. The molecule has 2 aromatic heterocycles. The van der Waals surface area contributed by atoms with E-state index in [9.17, 15) is 14.4 Å². The minimum absolute atomic E-state index is 0.0269. The Morgan fingerprint density at radius 1 is 1.17 bits per heavy atom. The van der Waals surface area contributed by atoms with Gasteiger partial charge in [-0.3, -0.25) is 14.9 Å². The molecule has 9 heteroatoms. The number of hydrogen-bond acceptors (Lipinski definition) is 6. The van der Waals surface area contributed by atoms with Crippen LogP contribution in [0.25, 0.3) is 0 Å². The second kappa shape index (κ2) is 8.74. The van der Waals surface area contributed by atoms with E-state index in [-0.39, 0.29) is 16.5 Å². The smallest absolute Gasteiger partial charge is 0.343 e. The van der Waals surface area contributed by atoms with Crippen LogP contribution in [0.4, 0.5) is 0 Å². The molecule has 29 heavy (non-hydrogen) atoms. The minimum Gasteiger partial charge on any atom is -0.459 e. The van der Waals surface area contributed by atoms with E-state index in [0.717, 1.165) is 11.1 Å². The number of aromatic nitrogens is 2. The Balaban J connectivity index is 1.61. The summed E-state index contributed by atoms with van der Waals surface area (Å²) >= 11 is 6.31. The molecular formula is C20H18ClN3O5. The van der Waals surface area contributed by atoms with E-state index in [2.05, 4.69) is 10.4 Å². The van der Waals surface area contributed by atoms with Crippen LogP contribution in [0.15, 0.2) is 47.1 Å². The Morgan fingerprint density at radius 3 is 2.55 bits per heavy atom. The molecule has 1 aromatic carbocycles. The molecule has 1 N–H and O–H groups in total. The minimum atomic E-state index is -0.803. The first kappa shape index (κ1) is 20.3. The van der Waals surface area contributed by atoms with Gasteiger partial charge in [-0.05, 0) is 31.5 Å². The molecular weight excluding hydrogens is 398 g/mol. The standard InChI is InChI=1S/C20H18ClN3O5/c1-12-5-7-14(8-6-12)10-24-18(21)17(13(2)23-24)20(27)29-11-16(25)22-19(26)15-4-3-9-28-15/h3-9H,10-11H2,1-2H3,(H,22,25,26). The molecule has 3 aromatic rings. The number of aryl methyl sites for hydroxylation is 2. The summed E-state index contributed by atoms with van der Waals surface area (Å²) in [7, 11) is 0. The van der Waals surface area contributed by atoms with Gasteiger partial charge in [-0.25, -0.2) is 9.48 Å². The zero-order chi connectivity index (χ0) is 21.0. The van der Waals surface area contributed by atoms with Crippen LogP contribution < -0.4 is 5.32 Å². The van der Waals surface area contributed by atoms with Crippen molar-refractivity contribution in [2.45, 2.75) is 20.4 Å². The van der Waals surface area contributed by atoms with Gasteiger partial charge in [-0.2, -0.15) is 5.10 Å². The zero-order valence-corrected chi connectivity index (χ0v) is 16.5. The van der Waals surface area contributed by atoms with Crippen molar-refractivity contribution < 1.29 is 23.5 Å². The molecule has 8 nitrogen and oxygen atoms in total. The summed E-state index contributed by atoms with van der Waals surface area (Å²) in [4.78, 5) is 35.9. The first-order valence-corrected chi connectivity index (χ1v) is 9.06. The van der Waals surface area contributed by atoms with Gasteiger partial charge in [0.1, 0.15) is 10.7 Å². The van der Waals surface area contributed by atoms with Crippen LogP contribution in [0, 0.1) is 13.8 Å². The summed E-state index contributed by atoms with van der Waals surface area (Å²) < 4.78 is 11.3. The molecule has 0 aliphatic carbocycles. The summed E-state index contributed by atoms with van der Waals surface area (Å²) in [5.41, 5.74) is 2.54. The van der Waals surface area contributed by atoms with E-state index < -0.39 is 24.4 Å². The van der Waals surface area contributed by atoms with Gasteiger partial charge < -0.3 is 9.15 Å². The molecule has 3 rings (SSSR count). The molecule has 0 radical (unpaired) electrons. The first-order valence-electron chi connectivity index (χ1n) is 8.68. The van der Waals surface area contributed by atoms with Gasteiger partial charge in [0, 0.05) is 0 Å². The van der Waals surface area contributed by atoms with Gasteiger partial charge >= 0.3 is 5.97 Å². The molecule has 0 spiro atoms. The molecule has 0 unspecified atom stereocenters. The third-order valence-electron chi connectivity index (χ3n) is 4.05. The molecule has 2 heterocycles. The monoisotopic (exact) mass is 415 g/mol. The van der Waals surface area contributed by atoms with E-state index in [1.807, 2.05) is 31.2 Å². The van der Waals surface area contributed by atoms with E-state index in [4.69, 9.17) is 20.8 Å². The number of nitrogens with one attached hydrogen (secondary N) is 1. The molecule has 150 valence electrons. The predicted molar refractivity (Wildman–Crippen MR) is 104 cm³/mol. The van der Waals surface area contributed by atoms with Gasteiger partial charge in [0.25, 0.3) is 11.8 Å². The van der Waals surface area contributed by atoms with Crippen molar-refractivity contribution in [3.05, 3.63) is 76.0 Å². The van der Waals surface area contributed by atoms with Gasteiger partial charge in [0.2, 0.25) is 0 Å². The summed E-state index contributed by atoms with van der Waals surface area (Å²) in [6, 6.07) is 10.7. The summed E-state index contributed by atoms with van der Waals surface area (Å²) in [6.07, 6.45) is 1.30. The summed E-state index contributed by atoms with van der Waals surface area (Å²) in [6.45, 7) is 3.34. The lowest BCUT2D eigenvalue weighted by molar-refractivity contribution is -0.123. The second-order valence-corrected chi connectivity index (χ2v) is 6.68. The molecule has 0 saturated carbocycles. The number of imide groups is 1. The normalized spacial score (nSPS) is 10.6. The van der Waals surface area contributed by atoms with E-state index in [1.165, 1.54) is 23.1 Å². The molecule has 0 aliphatic heterocycles. The van der Waals surface area contributed by atoms with E-state index >= 15 is 0 Å². The highest BCUT2D eigenvalue weighted by atomic mass is 35.5. The van der Waals surface area contributed by atoms with Crippen LogP contribution in [0.3, 0.4) is 0 Å². The highest BCUT2D eigenvalue weighted by Gasteiger charge is 2.23. The van der Waals surface area contributed by atoms with Crippen LogP contribution in [0.2, 0.25) is 5.15 Å². The maximum Gasteiger partial charge on any atom is 0.343 e. The third kappa shape index (κ3) is 4.91. The van der Waals surface area contributed by atoms with Crippen molar-refractivity contribution in [1.29, 1.82) is 0 Å². The lowest BCUT2D eigenvalue weighted by atomic mass is 10.1. The Bertz CT molecular complexity index is 1040. The van der Waals surface area contributed by atoms with Crippen LogP contribution in [-0.4, -0.2) is 34.2 Å². The van der Waals surface area contributed by atoms with Crippen molar-refractivity contribution in [3.63, 3.8) is 0 Å². The van der Waals surface area contributed by atoms with Gasteiger partial charge in [0.05, 0.1) is 18.5 Å². The molecule has 0 bridgehead atoms. The molecule has 0 atom stereocenters. The third-order valence-corrected chi connectivity index (χ3v) is 4.44. The predicted octanol–water partition coefficient (Wildman–Crippen LogP) is 2.91. The fraction of sp³-hybridized carbons (Fsp3) is 0.200. The number of nitrogens with zero attached hydrogens (tertiary/aromatic N) is 2. The highest BCUT2D eigenvalue weighted by molar-refractivity contribution is 6.32. The molecule has 0 saturated heterocycles. The van der Waals surface area contributed by atoms with E-state index in [1.54, 1.807) is 6.92 Å². The van der Waals surface area contributed by atoms with Gasteiger partial charge in [0.15, 0.2) is 12.4 Å². The molecule has 0 fully saturated rings.